The number of methoxy groups -OCH3 is 1. The maximum absolute atomic E-state index is 10.7. The van der Waals surface area contributed by atoms with Crippen molar-refractivity contribution >= 4 is 17.6 Å². The van der Waals surface area contributed by atoms with E-state index in [4.69, 9.17) is 21.4 Å². The maximum atomic E-state index is 10.7. The molecule has 88 valence electrons. The van der Waals surface area contributed by atoms with Gasteiger partial charge in [0, 0.05) is 10.6 Å². The first-order valence-electron chi connectivity index (χ1n) is 5.01. The molecule has 0 amide bonds. The van der Waals surface area contributed by atoms with Crippen molar-refractivity contribution in [1.29, 1.82) is 0 Å². The molecule has 1 unspecified atom stereocenters. The fraction of sp³-hybridized carbons (Fsp3) is 0.417. The van der Waals surface area contributed by atoms with Crippen molar-refractivity contribution in [2.45, 2.75) is 26.2 Å². The molecule has 0 saturated heterocycles. The van der Waals surface area contributed by atoms with Crippen LogP contribution >= 0.6 is 11.6 Å². The summed E-state index contributed by atoms with van der Waals surface area (Å²) in [6.45, 7) is 3.74. The van der Waals surface area contributed by atoms with Crippen LogP contribution in [-0.2, 0) is 4.79 Å². The number of aliphatic carboxylic acids is 1. The van der Waals surface area contributed by atoms with Crippen molar-refractivity contribution in [2.75, 3.05) is 7.11 Å². The van der Waals surface area contributed by atoms with Crippen LogP contribution in [0.15, 0.2) is 12.1 Å². The highest BCUT2D eigenvalue weighted by atomic mass is 35.5. The zero-order valence-electron chi connectivity index (χ0n) is 9.58. The molecule has 0 saturated carbocycles. The SMILES string of the molecule is COc1cc(C)cc(Cl)c1C(C)CC(=O)O. The lowest BCUT2D eigenvalue weighted by Crippen LogP contribution is -2.05. The van der Waals surface area contributed by atoms with Crippen molar-refractivity contribution in [1.82, 2.24) is 0 Å². The van der Waals surface area contributed by atoms with E-state index in [0.717, 1.165) is 11.1 Å². The lowest BCUT2D eigenvalue weighted by atomic mass is 9.95. The van der Waals surface area contributed by atoms with Crippen LogP contribution in [0, 0.1) is 6.92 Å². The lowest BCUT2D eigenvalue weighted by Gasteiger charge is -2.16. The molecule has 0 fully saturated rings. The van der Waals surface area contributed by atoms with E-state index < -0.39 is 5.97 Å². The van der Waals surface area contributed by atoms with Crippen LogP contribution in [0.3, 0.4) is 0 Å². The highest BCUT2D eigenvalue weighted by Gasteiger charge is 2.18. The third-order valence-corrected chi connectivity index (χ3v) is 2.74. The molecule has 1 aromatic carbocycles. The summed E-state index contributed by atoms with van der Waals surface area (Å²) in [5, 5.41) is 9.33. The average Bonchev–Trinajstić information content (AvgIpc) is 2.14. The van der Waals surface area contributed by atoms with Gasteiger partial charge in [-0.3, -0.25) is 4.79 Å². The minimum absolute atomic E-state index is 0.0408. The van der Waals surface area contributed by atoms with Gasteiger partial charge < -0.3 is 9.84 Å². The van der Waals surface area contributed by atoms with Gasteiger partial charge in [-0.05, 0) is 30.5 Å². The van der Waals surface area contributed by atoms with Gasteiger partial charge in [0.1, 0.15) is 5.75 Å². The van der Waals surface area contributed by atoms with E-state index in [1.54, 1.807) is 7.11 Å². The molecule has 0 aliphatic heterocycles. The fourth-order valence-electron chi connectivity index (χ4n) is 1.73. The molecule has 0 bridgehead atoms. The van der Waals surface area contributed by atoms with Gasteiger partial charge in [0.25, 0.3) is 0 Å². The van der Waals surface area contributed by atoms with Crippen molar-refractivity contribution in [3.05, 3.63) is 28.3 Å². The number of carbonyl (C=O) groups is 1. The monoisotopic (exact) mass is 242 g/mol. The van der Waals surface area contributed by atoms with Crippen LogP contribution in [0.25, 0.3) is 0 Å². The molecule has 1 rings (SSSR count). The first-order valence-corrected chi connectivity index (χ1v) is 5.39. The standard InChI is InChI=1S/C12H15ClO3/c1-7-4-9(13)12(10(5-7)16-3)8(2)6-11(14)15/h4-5,8H,6H2,1-3H3,(H,14,15). The molecular formula is C12H15ClO3. The predicted octanol–water partition coefficient (Wildman–Crippen LogP) is 3.24. The Morgan fingerprint density at radius 3 is 2.69 bits per heavy atom. The molecule has 0 radical (unpaired) electrons. The van der Waals surface area contributed by atoms with E-state index in [2.05, 4.69) is 0 Å². The largest absolute Gasteiger partial charge is 0.496 e. The zero-order chi connectivity index (χ0) is 12.3. The Labute approximate surface area is 100.0 Å². The predicted molar refractivity (Wildman–Crippen MR) is 63.4 cm³/mol. The Bertz CT molecular complexity index is 401. The number of benzene rings is 1. The molecule has 16 heavy (non-hydrogen) atoms. The number of rotatable bonds is 4. The molecule has 1 aromatic rings. The van der Waals surface area contributed by atoms with Gasteiger partial charge in [0.05, 0.1) is 13.5 Å². The van der Waals surface area contributed by atoms with E-state index in [1.807, 2.05) is 26.0 Å². The Hall–Kier alpha value is -1.22. The Morgan fingerprint density at radius 1 is 1.56 bits per heavy atom. The highest BCUT2D eigenvalue weighted by Crippen LogP contribution is 2.36. The third kappa shape index (κ3) is 2.89. The van der Waals surface area contributed by atoms with Gasteiger partial charge in [-0.1, -0.05) is 18.5 Å². The smallest absolute Gasteiger partial charge is 0.303 e. The normalized spacial score (nSPS) is 12.2. The Kier molecular flexibility index (Phi) is 4.19. The molecule has 0 aliphatic carbocycles. The van der Waals surface area contributed by atoms with Gasteiger partial charge in [0.15, 0.2) is 0 Å². The van der Waals surface area contributed by atoms with Crippen molar-refractivity contribution in [2.24, 2.45) is 0 Å². The van der Waals surface area contributed by atoms with E-state index >= 15 is 0 Å². The van der Waals surface area contributed by atoms with Gasteiger partial charge in [-0.25, -0.2) is 0 Å². The van der Waals surface area contributed by atoms with E-state index in [1.165, 1.54) is 0 Å². The maximum Gasteiger partial charge on any atom is 0.303 e. The van der Waals surface area contributed by atoms with Gasteiger partial charge in [0.2, 0.25) is 0 Å². The summed E-state index contributed by atoms with van der Waals surface area (Å²) in [5.74, 6) is -0.356. The van der Waals surface area contributed by atoms with Crippen molar-refractivity contribution < 1.29 is 14.6 Å². The molecule has 0 spiro atoms. The number of halogens is 1. The number of carboxylic acids is 1. The summed E-state index contributed by atoms with van der Waals surface area (Å²) in [6.07, 6.45) is 0.0408. The van der Waals surface area contributed by atoms with Crippen molar-refractivity contribution in [3.8, 4) is 5.75 Å². The summed E-state index contributed by atoms with van der Waals surface area (Å²) < 4.78 is 5.23. The van der Waals surface area contributed by atoms with Crippen LogP contribution in [0.2, 0.25) is 5.02 Å². The van der Waals surface area contributed by atoms with Gasteiger partial charge in [-0.2, -0.15) is 0 Å². The number of aryl methyl sites for hydroxylation is 1. The quantitative estimate of drug-likeness (QED) is 0.882. The Morgan fingerprint density at radius 2 is 2.19 bits per heavy atom. The summed E-state index contributed by atoms with van der Waals surface area (Å²) in [4.78, 5) is 10.7. The van der Waals surface area contributed by atoms with Crippen molar-refractivity contribution in [3.63, 3.8) is 0 Å². The van der Waals surface area contributed by atoms with Crippen LogP contribution < -0.4 is 4.74 Å². The van der Waals surface area contributed by atoms with E-state index in [-0.39, 0.29) is 12.3 Å². The number of ether oxygens (including phenoxy) is 1. The minimum atomic E-state index is -0.841. The van der Waals surface area contributed by atoms with Crippen LogP contribution in [-0.4, -0.2) is 18.2 Å². The molecular weight excluding hydrogens is 228 g/mol. The molecule has 1 atom stereocenters. The van der Waals surface area contributed by atoms with Gasteiger partial charge >= 0.3 is 5.97 Å². The highest BCUT2D eigenvalue weighted by molar-refractivity contribution is 6.31. The van der Waals surface area contributed by atoms with Crippen LogP contribution in [0.4, 0.5) is 0 Å². The molecule has 0 aromatic heterocycles. The summed E-state index contributed by atoms with van der Waals surface area (Å²) >= 11 is 6.12. The van der Waals surface area contributed by atoms with E-state index in [9.17, 15) is 4.79 Å². The first-order chi connectivity index (χ1) is 7.45. The molecule has 3 nitrogen and oxygen atoms in total. The second-order valence-electron chi connectivity index (χ2n) is 3.86. The Balaban J connectivity index is 3.15. The number of carboxylic acid groups (broad SMARTS) is 1. The summed E-state index contributed by atoms with van der Waals surface area (Å²) in [7, 11) is 1.56. The first kappa shape index (κ1) is 12.8. The summed E-state index contributed by atoms with van der Waals surface area (Å²) in [6, 6.07) is 3.68. The second kappa shape index (κ2) is 5.21. The number of hydrogen-bond donors (Lipinski definition) is 1. The summed E-state index contributed by atoms with van der Waals surface area (Å²) in [5.41, 5.74) is 1.75. The van der Waals surface area contributed by atoms with E-state index in [0.29, 0.717) is 10.8 Å². The van der Waals surface area contributed by atoms with Crippen LogP contribution in [0.1, 0.15) is 30.4 Å². The third-order valence-electron chi connectivity index (χ3n) is 2.43. The molecule has 0 aliphatic rings. The zero-order valence-corrected chi connectivity index (χ0v) is 10.3. The molecule has 1 N–H and O–H groups in total. The number of hydrogen-bond acceptors (Lipinski definition) is 2. The lowest BCUT2D eigenvalue weighted by molar-refractivity contribution is -0.137. The average molecular weight is 243 g/mol. The van der Waals surface area contributed by atoms with Gasteiger partial charge in [-0.15, -0.1) is 0 Å². The second-order valence-corrected chi connectivity index (χ2v) is 4.27. The fourth-order valence-corrected chi connectivity index (χ4v) is 2.18. The van der Waals surface area contributed by atoms with Crippen LogP contribution in [0.5, 0.6) is 5.75 Å². The topological polar surface area (TPSA) is 46.5 Å². The minimum Gasteiger partial charge on any atom is -0.496 e. The molecule has 4 heteroatoms. The molecule has 0 heterocycles.